The summed E-state index contributed by atoms with van der Waals surface area (Å²) in [7, 11) is 0. The lowest BCUT2D eigenvalue weighted by molar-refractivity contribution is -0.00171. The summed E-state index contributed by atoms with van der Waals surface area (Å²) in [5.74, 6) is 0. The fourth-order valence-electron chi connectivity index (χ4n) is 2.01. The van der Waals surface area contributed by atoms with E-state index in [1.165, 1.54) is 0 Å². The first-order valence-corrected chi connectivity index (χ1v) is 9.58. The maximum Gasteiger partial charge on any atom is 0.407 e. The first kappa shape index (κ1) is 23.4. The number of nitrogens with one attached hydrogen (secondary N) is 1. The van der Waals surface area contributed by atoms with Crippen molar-refractivity contribution in [2.24, 2.45) is 0 Å². The molecule has 1 aromatic carbocycles. The number of amides is 1. The predicted molar refractivity (Wildman–Crippen MR) is 103 cm³/mol. The number of rotatable bonds is 17. The van der Waals surface area contributed by atoms with Crippen LogP contribution in [0.5, 0.6) is 0 Å². The van der Waals surface area contributed by atoms with Gasteiger partial charge in [-0.3, -0.25) is 0 Å². The highest BCUT2D eigenvalue weighted by atomic mass is 16.6. The summed E-state index contributed by atoms with van der Waals surface area (Å²) < 4.78 is 26.6. The second kappa shape index (κ2) is 17.7. The van der Waals surface area contributed by atoms with Gasteiger partial charge in [-0.05, 0) is 12.0 Å². The number of carbonyl (C=O) groups is 1. The molecule has 1 N–H and O–H groups in total. The lowest BCUT2D eigenvalue weighted by Gasteiger charge is -2.08. The highest BCUT2D eigenvalue weighted by Crippen LogP contribution is 2.00. The molecule has 0 bridgehead atoms. The average molecular weight is 383 g/mol. The Morgan fingerprint density at radius 1 is 0.815 bits per heavy atom. The zero-order chi connectivity index (χ0) is 19.4. The van der Waals surface area contributed by atoms with Gasteiger partial charge in [-0.15, -0.1) is 0 Å². The van der Waals surface area contributed by atoms with Gasteiger partial charge in [0, 0.05) is 13.2 Å². The van der Waals surface area contributed by atoms with Crippen LogP contribution in [0, 0.1) is 0 Å². The Labute approximate surface area is 162 Å². The van der Waals surface area contributed by atoms with E-state index >= 15 is 0 Å². The van der Waals surface area contributed by atoms with Crippen LogP contribution >= 0.6 is 0 Å². The van der Waals surface area contributed by atoms with Crippen LogP contribution in [0.15, 0.2) is 30.3 Å². The Balaban J connectivity index is 1.77. The standard InChI is InChI=1S/C20H33NO6/c1-2-3-10-23-12-14-25-16-17-26-15-13-24-11-9-21-20(22)27-18-19-7-5-4-6-8-19/h4-8H,2-3,9-18H2,1H3,(H,21,22). The number of unbranched alkanes of at least 4 members (excludes halogenated alkanes) is 1. The van der Waals surface area contributed by atoms with Gasteiger partial charge < -0.3 is 29.0 Å². The molecule has 0 heterocycles. The molecule has 0 saturated heterocycles. The Kier molecular flexibility index (Phi) is 15.3. The highest BCUT2D eigenvalue weighted by molar-refractivity contribution is 5.67. The summed E-state index contributed by atoms with van der Waals surface area (Å²) in [6, 6.07) is 9.54. The van der Waals surface area contributed by atoms with E-state index in [-0.39, 0.29) is 6.61 Å². The molecule has 1 aromatic rings. The van der Waals surface area contributed by atoms with Crippen molar-refractivity contribution >= 4 is 6.09 Å². The van der Waals surface area contributed by atoms with Crippen molar-refractivity contribution in [2.75, 3.05) is 59.4 Å². The molecule has 0 aromatic heterocycles. The molecule has 154 valence electrons. The van der Waals surface area contributed by atoms with Crippen molar-refractivity contribution in [1.82, 2.24) is 5.32 Å². The van der Waals surface area contributed by atoms with E-state index in [2.05, 4.69) is 12.2 Å². The van der Waals surface area contributed by atoms with Crippen LogP contribution in [0.4, 0.5) is 4.79 Å². The molecule has 7 nitrogen and oxygen atoms in total. The molecular formula is C20H33NO6. The highest BCUT2D eigenvalue weighted by Gasteiger charge is 2.01. The van der Waals surface area contributed by atoms with Gasteiger partial charge in [-0.2, -0.15) is 0 Å². The van der Waals surface area contributed by atoms with Crippen LogP contribution in [0.3, 0.4) is 0 Å². The lowest BCUT2D eigenvalue weighted by Crippen LogP contribution is -2.28. The van der Waals surface area contributed by atoms with Crippen molar-refractivity contribution in [3.63, 3.8) is 0 Å². The van der Waals surface area contributed by atoms with Gasteiger partial charge in [-0.1, -0.05) is 43.7 Å². The summed E-state index contributed by atoms with van der Waals surface area (Å²) in [5, 5.41) is 2.64. The van der Waals surface area contributed by atoms with E-state index in [0.29, 0.717) is 52.8 Å². The molecule has 0 radical (unpaired) electrons. The number of hydrogen-bond acceptors (Lipinski definition) is 6. The zero-order valence-corrected chi connectivity index (χ0v) is 16.3. The first-order valence-electron chi connectivity index (χ1n) is 9.58. The Bertz CT molecular complexity index is 457. The number of benzene rings is 1. The van der Waals surface area contributed by atoms with Crippen LogP contribution in [0.25, 0.3) is 0 Å². The van der Waals surface area contributed by atoms with E-state index < -0.39 is 6.09 Å². The largest absolute Gasteiger partial charge is 0.445 e. The number of ether oxygens (including phenoxy) is 5. The topological polar surface area (TPSA) is 75.3 Å². The van der Waals surface area contributed by atoms with Crippen molar-refractivity contribution in [3.05, 3.63) is 35.9 Å². The predicted octanol–water partition coefficient (Wildman–Crippen LogP) is 2.78. The molecule has 27 heavy (non-hydrogen) atoms. The number of hydrogen-bond donors (Lipinski definition) is 1. The van der Waals surface area contributed by atoms with Crippen molar-refractivity contribution < 1.29 is 28.5 Å². The maximum absolute atomic E-state index is 11.5. The monoisotopic (exact) mass is 383 g/mol. The fraction of sp³-hybridized carbons (Fsp3) is 0.650. The minimum atomic E-state index is -0.450. The smallest absolute Gasteiger partial charge is 0.407 e. The van der Waals surface area contributed by atoms with Gasteiger partial charge in [0.05, 0.1) is 46.2 Å². The van der Waals surface area contributed by atoms with E-state index in [9.17, 15) is 4.79 Å². The van der Waals surface area contributed by atoms with Crippen LogP contribution < -0.4 is 5.32 Å². The Morgan fingerprint density at radius 3 is 1.96 bits per heavy atom. The van der Waals surface area contributed by atoms with E-state index in [0.717, 1.165) is 25.0 Å². The normalized spacial score (nSPS) is 10.7. The van der Waals surface area contributed by atoms with Gasteiger partial charge in [-0.25, -0.2) is 4.79 Å². The summed E-state index contributed by atoms with van der Waals surface area (Å²) in [6.45, 7) is 7.27. The van der Waals surface area contributed by atoms with Crippen molar-refractivity contribution in [2.45, 2.75) is 26.4 Å². The van der Waals surface area contributed by atoms with Crippen LogP contribution in [0.1, 0.15) is 25.3 Å². The van der Waals surface area contributed by atoms with Gasteiger partial charge >= 0.3 is 6.09 Å². The van der Waals surface area contributed by atoms with E-state index in [1.54, 1.807) is 0 Å². The molecule has 1 rings (SSSR count). The summed E-state index contributed by atoms with van der Waals surface area (Å²) >= 11 is 0. The maximum atomic E-state index is 11.5. The zero-order valence-electron chi connectivity index (χ0n) is 16.3. The molecule has 0 aliphatic carbocycles. The minimum absolute atomic E-state index is 0.258. The van der Waals surface area contributed by atoms with Gasteiger partial charge in [0.1, 0.15) is 6.61 Å². The summed E-state index contributed by atoms with van der Waals surface area (Å²) in [6.07, 6.45) is 1.79. The molecule has 0 saturated carbocycles. The summed E-state index contributed by atoms with van der Waals surface area (Å²) in [5.41, 5.74) is 0.953. The van der Waals surface area contributed by atoms with Crippen molar-refractivity contribution in [3.8, 4) is 0 Å². The van der Waals surface area contributed by atoms with Gasteiger partial charge in [0.2, 0.25) is 0 Å². The third-order valence-electron chi connectivity index (χ3n) is 3.49. The number of carbonyl (C=O) groups excluding carboxylic acids is 1. The Morgan fingerprint density at radius 2 is 1.37 bits per heavy atom. The molecule has 7 heteroatoms. The lowest BCUT2D eigenvalue weighted by atomic mass is 10.2. The van der Waals surface area contributed by atoms with Gasteiger partial charge in [0.15, 0.2) is 0 Å². The molecule has 0 fully saturated rings. The van der Waals surface area contributed by atoms with E-state index in [1.807, 2.05) is 30.3 Å². The molecule has 0 aliphatic heterocycles. The molecule has 0 aliphatic rings. The quantitative estimate of drug-likeness (QED) is 0.417. The third kappa shape index (κ3) is 15.1. The fourth-order valence-corrected chi connectivity index (χ4v) is 2.01. The molecule has 0 spiro atoms. The molecular weight excluding hydrogens is 350 g/mol. The third-order valence-corrected chi connectivity index (χ3v) is 3.49. The molecule has 0 atom stereocenters. The second-order valence-electron chi connectivity index (χ2n) is 5.79. The van der Waals surface area contributed by atoms with E-state index in [4.69, 9.17) is 23.7 Å². The first-order chi connectivity index (χ1) is 13.3. The minimum Gasteiger partial charge on any atom is -0.445 e. The van der Waals surface area contributed by atoms with Gasteiger partial charge in [0.25, 0.3) is 0 Å². The summed E-state index contributed by atoms with van der Waals surface area (Å²) in [4.78, 5) is 11.5. The Hall–Kier alpha value is -1.67. The van der Waals surface area contributed by atoms with Crippen LogP contribution in [-0.4, -0.2) is 65.5 Å². The average Bonchev–Trinajstić information content (AvgIpc) is 2.70. The molecule has 0 unspecified atom stereocenters. The number of alkyl carbamates (subject to hydrolysis) is 1. The second-order valence-corrected chi connectivity index (χ2v) is 5.79. The SMILES string of the molecule is CCCCOCCOCCOCCOCCNC(=O)OCc1ccccc1. The van der Waals surface area contributed by atoms with Crippen molar-refractivity contribution in [1.29, 1.82) is 0 Å². The molecule has 1 amide bonds. The van der Waals surface area contributed by atoms with Crippen LogP contribution in [-0.2, 0) is 30.3 Å². The van der Waals surface area contributed by atoms with Crippen LogP contribution in [0.2, 0.25) is 0 Å².